The smallest absolute Gasteiger partial charge is 0.255 e. The van der Waals surface area contributed by atoms with Crippen molar-refractivity contribution in [2.24, 2.45) is 0 Å². The number of rotatable bonds is 8. The van der Waals surface area contributed by atoms with E-state index in [4.69, 9.17) is 0 Å². The first-order valence-corrected chi connectivity index (χ1v) is 10.2. The van der Waals surface area contributed by atoms with Crippen LogP contribution >= 0.6 is 0 Å². The third kappa shape index (κ3) is 5.00. The number of carbonyl (C=O) groups is 2. The van der Waals surface area contributed by atoms with Gasteiger partial charge in [0.25, 0.3) is 5.91 Å². The quantitative estimate of drug-likeness (QED) is 0.575. The maximum atomic E-state index is 12.9. The molecule has 3 rings (SSSR count). The molecule has 0 saturated carbocycles. The summed E-state index contributed by atoms with van der Waals surface area (Å²) < 4.78 is 2.06. The Kier molecular flexibility index (Phi) is 6.77. The predicted molar refractivity (Wildman–Crippen MR) is 121 cm³/mol. The zero-order valence-electron chi connectivity index (χ0n) is 18.2. The summed E-state index contributed by atoms with van der Waals surface area (Å²) in [4.78, 5) is 29.8. The largest absolute Gasteiger partial charge is 0.356 e. The van der Waals surface area contributed by atoms with Gasteiger partial charge in [0, 0.05) is 59.4 Å². The van der Waals surface area contributed by atoms with E-state index in [0.717, 1.165) is 24.3 Å². The van der Waals surface area contributed by atoms with E-state index >= 15 is 0 Å². The number of fused-ring (bicyclic) bond motifs is 1. The number of aromatic nitrogens is 1. The second kappa shape index (κ2) is 9.48. The molecule has 2 heterocycles. The predicted octanol–water partition coefficient (Wildman–Crippen LogP) is 3.52. The maximum Gasteiger partial charge on any atom is 0.255 e. The van der Waals surface area contributed by atoms with Gasteiger partial charge in [0.1, 0.15) is 5.82 Å². The Morgan fingerprint density at radius 1 is 0.867 bits per heavy atom. The number of hydrogen-bond acceptors (Lipinski definition) is 3. The minimum Gasteiger partial charge on any atom is -0.356 e. The van der Waals surface area contributed by atoms with E-state index in [-0.39, 0.29) is 11.8 Å². The molecule has 1 aromatic carbocycles. The maximum absolute atomic E-state index is 12.9. The molecule has 0 bridgehead atoms. The van der Waals surface area contributed by atoms with Crippen molar-refractivity contribution >= 4 is 23.1 Å². The molecule has 0 aliphatic carbocycles. The Morgan fingerprint density at radius 2 is 1.53 bits per heavy atom. The molecule has 0 atom stereocenters. The second-order valence-corrected chi connectivity index (χ2v) is 7.77. The fraction of sp³-hybridized carbons (Fsp3) is 0.333. The van der Waals surface area contributed by atoms with Gasteiger partial charge in [-0.1, -0.05) is 30.3 Å². The molecule has 158 valence electrons. The standard InChI is InChI=1S/C24H30N4O2/c1-19(29)25(2)15-8-16-26(3)24(30)21-11-12-22-13-14-23(28(22)18-21)27(4)17-20-9-6-5-7-10-20/h5-7,9-14,18H,8,15-17H2,1-4H3. The van der Waals surface area contributed by atoms with Crippen molar-refractivity contribution in [1.29, 1.82) is 0 Å². The average Bonchev–Trinajstić information content (AvgIpc) is 3.17. The summed E-state index contributed by atoms with van der Waals surface area (Å²) in [6.07, 6.45) is 2.65. The van der Waals surface area contributed by atoms with Gasteiger partial charge in [-0.15, -0.1) is 0 Å². The van der Waals surface area contributed by atoms with Gasteiger partial charge in [-0.05, 0) is 36.2 Å². The van der Waals surface area contributed by atoms with Crippen LogP contribution in [-0.4, -0.2) is 60.2 Å². The summed E-state index contributed by atoms with van der Waals surface area (Å²) >= 11 is 0. The van der Waals surface area contributed by atoms with Gasteiger partial charge < -0.3 is 19.1 Å². The van der Waals surface area contributed by atoms with E-state index in [1.807, 2.05) is 36.5 Å². The highest BCUT2D eigenvalue weighted by molar-refractivity contribution is 5.94. The molecule has 6 nitrogen and oxygen atoms in total. The molecule has 30 heavy (non-hydrogen) atoms. The number of carbonyl (C=O) groups excluding carboxylic acids is 2. The molecule has 0 N–H and O–H groups in total. The van der Waals surface area contributed by atoms with Crippen molar-refractivity contribution in [2.45, 2.75) is 19.9 Å². The normalized spacial score (nSPS) is 10.8. The summed E-state index contributed by atoms with van der Waals surface area (Å²) in [5, 5.41) is 0. The number of pyridine rings is 1. The van der Waals surface area contributed by atoms with Gasteiger partial charge >= 0.3 is 0 Å². The zero-order valence-corrected chi connectivity index (χ0v) is 18.2. The minimum absolute atomic E-state index is 0.0206. The summed E-state index contributed by atoms with van der Waals surface area (Å²) in [5.41, 5.74) is 2.93. The molecule has 0 aliphatic rings. The highest BCUT2D eigenvalue weighted by Crippen LogP contribution is 2.21. The van der Waals surface area contributed by atoms with Crippen molar-refractivity contribution in [3.05, 3.63) is 71.9 Å². The lowest BCUT2D eigenvalue weighted by atomic mass is 10.2. The highest BCUT2D eigenvalue weighted by Gasteiger charge is 2.15. The van der Waals surface area contributed by atoms with Crippen molar-refractivity contribution in [3.63, 3.8) is 0 Å². The van der Waals surface area contributed by atoms with Crippen LogP contribution in [0.3, 0.4) is 0 Å². The van der Waals surface area contributed by atoms with Gasteiger partial charge in [0.2, 0.25) is 5.91 Å². The zero-order chi connectivity index (χ0) is 21.7. The lowest BCUT2D eigenvalue weighted by molar-refractivity contribution is -0.127. The van der Waals surface area contributed by atoms with E-state index < -0.39 is 0 Å². The molecule has 3 aromatic rings. The first kappa shape index (κ1) is 21.4. The molecular formula is C24H30N4O2. The Morgan fingerprint density at radius 3 is 2.23 bits per heavy atom. The van der Waals surface area contributed by atoms with Crippen LogP contribution in [0.15, 0.2) is 60.8 Å². The molecule has 2 aromatic heterocycles. The molecule has 0 fully saturated rings. The monoisotopic (exact) mass is 406 g/mol. The Bertz CT molecular complexity index is 1010. The summed E-state index contributed by atoms with van der Waals surface area (Å²) in [6.45, 7) is 3.57. The van der Waals surface area contributed by atoms with Crippen LogP contribution in [0.25, 0.3) is 5.52 Å². The Labute approximate surface area is 178 Å². The number of benzene rings is 1. The summed E-state index contributed by atoms with van der Waals surface area (Å²) in [6, 6.07) is 18.3. The van der Waals surface area contributed by atoms with Crippen molar-refractivity contribution in [1.82, 2.24) is 14.2 Å². The molecule has 0 saturated heterocycles. The molecule has 0 unspecified atom stereocenters. The molecular weight excluding hydrogens is 376 g/mol. The summed E-state index contributed by atoms with van der Waals surface area (Å²) in [5.74, 6) is 1.05. The van der Waals surface area contributed by atoms with E-state index in [1.165, 1.54) is 5.56 Å². The fourth-order valence-electron chi connectivity index (χ4n) is 3.49. The number of amides is 2. The van der Waals surface area contributed by atoms with Crippen LogP contribution in [0.2, 0.25) is 0 Å². The average molecular weight is 407 g/mol. The van der Waals surface area contributed by atoms with Gasteiger partial charge in [-0.25, -0.2) is 0 Å². The second-order valence-electron chi connectivity index (χ2n) is 7.77. The van der Waals surface area contributed by atoms with Crippen LogP contribution in [0, 0.1) is 0 Å². The minimum atomic E-state index is -0.0206. The van der Waals surface area contributed by atoms with Crippen LogP contribution < -0.4 is 4.90 Å². The highest BCUT2D eigenvalue weighted by atomic mass is 16.2. The lowest BCUT2D eigenvalue weighted by Crippen LogP contribution is -2.32. The van der Waals surface area contributed by atoms with Gasteiger partial charge in [0.15, 0.2) is 0 Å². The van der Waals surface area contributed by atoms with E-state index in [9.17, 15) is 9.59 Å². The van der Waals surface area contributed by atoms with Crippen molar-refractivity contribution in [3.8, 4) is 0 Å². The third-order valence-electron chi connectivity index (χ3n) is 5.40. The number of nitrogens with zero attached hydrogens (tertiary/aromatic N) is 4. The molecule has 0 radical (unpaired) electrons. The fourth-order valence-corrected chi connectivity index (χ4v) is 3.49. The van der Waals surface area contributed by atoms with Gasteiger partial charge in [-0.2, -0.15) is 0 Å². The van der Waals surface area contributed by atoms with Crippen LogP contribution in [0.1, 0.15) is 29.3 Å². The Balaban J connectivity index is 1.71. The van der Waals surface area contributed by atoms with Crippen LogP contribution in [0.4, 0.5) is 5.82 Å². The van der Waals surface area contributed by atoms with Crippen molar-refractivity contribution < 1.29 is 9.59 Å². The number of hydrogen-bond donors (Lipinski definition) is 0. The van der Waals surface area contributed by atoms with Gasteiger partial charge in [-0.3, -0.25) is 9.59 Å². The molecule has 0 aliphatic heterocycles. The molecule has 6 heteroatoms. The summed E-state index contributed by atoms with van der Waals surface area (Å²) in [7, 11) is 5.64. The SMILES string of the molecule is CC(=O)N(C)CCCN(C)C(=O)c1ccc2ccc(N(C)Cc3ccccc3)n2c1. The topological polar surface area (TPSA) is 48.3 Å². The van der Waals surface area contributed by atoms with E-state index in [2.05, 4.69) is 40.6 Å². The first-order valence-electron chi connectivity index (χ1n) is 10.2. The van der Waals surface area contributed by atoms with Crippen LogP contribution in [0.5, 0.6) is 0 Å². The Hall–Kier alpha value is -3.28. The molecule has 0 spiro atoms. The van der Waals surface area contributed by atoms with Crippen LogP contribution in [-0.2, 0) is 11.3 Å². The van der Waals surface area contributed by atoms with E-state index in [1.54, 1.807) is 30.8 Å². The van der Waals surface area contributed by atoms with Gasteiger partial charge in [0.05, 0.1) is 5.56 Å². The number of anilines is 1. The van der Waals surface area contributed by atoms with E-state index in [0.29, 0.717) is 18.7 Å². The first-order chi connectivity index (χ1) is 14.4. The molecule has 2 amide bonds. The van der Waals surface area contributed by atoms with Crippen molar-refractivity contribution in [2.75, 3.05) is 39.1 Å². The lowest BCUT2D eigenvalue weighted by Gasteiger charge is -2.21. The third-order valence-corrected chi connectivity index (χ3v) is 5.40.